The van der Waals surface area contributed by atoms with Gasteiger partial charge in [0, 0.05) is 24.8 Å². The molecule has 1 heterocycles. The number of nitrogens with zero attached hydrogens (tertiary/aromatic N) is 1. The first kappa shape index (κ1) is 18.9. The monoisotopic (exact) mass is 362 g/mol. The highest BCUT2D eigenvalue weighted by molar-refractivity contribution is 5.94. The van der Waals surface area contributed by atoms with Crippen molar-refractivity contribution in [2.45, 2.75) is 6.42 Å². The molecule has 0 atom stereocenters. The number of amides is 1. The van der Waals surface area contributed by atoms with Crippen LogP contribution in [0.1, 0.15) is 15.9 Å². The van der Waals surface area contributed by atoms with Crippen molar-refractivity contribution in [1.29, 1.82) is 0 Å². The van der Waals surface area contributed by atoms with Crippen LogP contribution >= 0.6 is 12.4 Å². The Morgan fingerprint density at radius 3 is 2.60 bits per heavy atom. The third-order valence-electron chi connectivity index (χ3n) is 4.16. The molecule has 3 rings (SSSR count). The Morgan fingerprint density at radius 2 is 1.88 bits per heavy atom. The zero-order valence-corrected chi connectivity index (χ0v) is 15.3. The van der Waals surface area contributed by atoms with Gasteiger partial charge in [0.05, 0.1) is 13.7 Å². The zero-order chi connectivity index (χ0) is 16.9. The van der Waals surface area contributed by atoms with Crippen LogP contribution in [0.25, 0.3) is 0 Å². The molecule has 25 heavy (non-hydrogen) atoms. The predicted octanol–water partition coefficient (Wildman–Crippen LogP) is 3.24. The second-order valence-corrected chi connectivity index (χ2v) is 5.80. The van der Waals surface area contributed by atoms with Gasteiger partial charge in [-0.2, -0.15) is 0 Å². The van der Waals surface area contributed by atoms with Gasteiger partial charge in [0.2, 0.25) is 0 Å². The number of carbonyl (C=O) groups is 1. The van der Waals surface area contributed by atoms with Crippen LogP contribution in [0.15, 0.2) is 42.5 Å². The van der Waals surface area contributed by atoms with E-state index in [1.807, 2.05) is 42.5 Å². The molecule has 5 nitrogen and oxygen atoms in total. The van der Waals surface area contributed by atoms with Crippen LogP contribution in [0.4, 0.5) is 5.69 Å². The number of halogens is 1. The van der Waals surface area contributed by atoms with Crippen LogP contribution in [0.3, 0.4) is 0 Å². The topological polar surface area (TPSA) is 50.8 Å². The first-order valence-electron chi connectivity index (χ1n) is 8.06. The molecule has 2 aromatic carbocycles. The van der Waals surface area contributed by atoms with Crippen molar-refractivity contribution in [3.05, 3.63) is 53.6 Å². The summed E-state index contributed by atoms with van der Waals surface area (Å²) in [5.74, 6) is 1.57. The van der Waals surface area contributed by atoms with E-state index in [0.717, 1.165) is 35.7 Å². The standard InChI is InChI=1S/C19H22N2O3.ClH/c1-21(11-12-24-17-6-4-16(23-2)5-7-17)19(22)15-3-8-18-14(13-15)9-10-20-18;/h3-8,13,20H,9-12H2,1-2H3;1H. The fraction of sp³-hybridized carbons (Fsp3) is 0.316. The van der Waals surface area contributed by atoms with E-state index in [-0.39, 0.29) is 18.3 Å². The average Bonchev–Trinajstić information content (AvgIpc) is 3.09. The molecule has 1 aliphatic rings. The van der Waals surface area contributed by atoms with Crippen LogP contribution in [0.2, 0.25) is 0 Å². The quantitative estimate of drug-likeness (QED) is 0.857. The van der Waals surface area contributed by atoms with Gasteiger partial charge in [-0.3, -0.25) is 4.79 Å². The minimum atomic E-state index is 0. The summed E-state index contributed by atoms with van der Waals surface area (Å²) >= 11 is 0. The summed E-state index contributed by atoms with van der Waals surface area (Å²) in [6.45, 7) is 1.92. The van der Waals surface area contributed by atoms with Crippen molar-refractivity contribution >= 4 is 24.0 Å². The van der Waals surface area contributed by atoms with E-state index < -0.39 is 0 Å². The lowest BCUT2D eigenvalue weighted by molar-refractivity contribution is 0.0773. The second kappa shape index (κ2) is 8.62. The number of anilines is 1. The molecule has 0 saturated carbocycles. The number of nitrogens with one attached hydrogen (secondary N) is 1. The highest BCUT2D eigenvalue weighted by Gasteiger charge is 2.16. The van der Waals surface area contributed by atoms with Gasteiger partial charge in [0.1, 0.15) is 18.1 Å². The molecule has 0 radical (unpaired) electrons. The van der Waals surface area contributed by atoms with E-state index in [9.17, 15) is 4.79 Å². The molecule has 2 aromatic rings. The van der Waals surface area contributed by atoms with Crippen molar-refractivity contribution in [1.82, 2.24) is 4.90 Å². The summed E-state index contributed by atoms with van der Waals surface area (Å²) < 4.78 is 10.8. The summed E-state index contributed by atoms with van der Waals surface area (Å²) in [6.07, 6.45) is 0.973. The molecular formula is C19H23ClN2O3. The smallest absolute Gasteiger partial charge is 0.253 e. The molecule has 1 aliphatic heterocycles. The third-order valence-corrected chi connectivity index (χ3v) is 4.16. The molecule has 6 heteroatoms. The Labute approximate surface area is 154 Å². The van der Waals surface area contributed by atoms with E-state index in [1.165, 1.54) is 5.56 Å². The van der Waals surface area contributed by atoms with Crippen molar-refractivity contribution < 1.29 is 14.3 Å². The van der Waals surface area contributed by atoms with Crippen molar-refractivity contribution in [3.63, 3.8) is 0 Å². The van der Waals surface area contributed by atoms with Gasteiger partial charge in [-0.15, -0.1) is 12.4 Å². The molecule has 1 N–H and O–H groups in total. The molecule has 0 spiro atoms. The van der Waals surface area contributed by atoms with Crippen LogP contribution in [0.5, 0.6) is 11.5 Å². The maximum atomic E-state index is 12.5. The maximum Gasteiger partial charge on any atom is 0.253 e. The second-order valence-electron chi connectivity index (χ2n) is 5.80. The Balaban J connectivity index is 0.00000225. The Morgan fingerprint density at radius 1 is 1.16 bits per heavy atom. The molecular weight excluding hydrogens is 340 g/mol. The fourth-order valence-corrected chi connectivity index (χ4v) is 2.73. The van der Waals surface area contributed by atoms with Crippen molar-refractivity contribution in [3.8, 4) is 11.5 Å². The van der Waals surface area contributed by atoms with Gasteiger partial charge in [-0.25, -0.2) is 0 Å². The lowest BCUT2D eigenvalue weighted by atomic mass is 10.1. The molecule has 0 aromatic heterocycles. The minimum Gasteiger partial charge on any atom is -0.497 e. The van der Waals surface area contributed by atoms with Gasteiger partial charge >= 0.3 is 0 Å². The van der Waals surface area contributed by atoms with E-state index >= 15 is 0 Å². The van der Waals surface area contributed by atoms with E-state index in [4.69, 9.17) is 9.47 Å². The molecule has 1 amide bonds. The Bertz CT molecular complexity index is 719. The Kier molecular flexibility index (Phi) is 6.53. The molecule has 0 saturated heterocycles. The number of ether oxygens (including phenoxy) is 2. The van der Waals surface area contributed by atoms with Gasteiger partial charge in [-0.1, -0.05) is 0 Å². The van der Waals surface area contributed by atoms with E-state index in [0.29, 0.717) is 13.2 Å². The lowest BCUT2D eigenvalue weighted by Gasteiger charge is -2.18. The molecule has 0 aliphatic carbocycles. The first-order valence-corrected chi connectivity index (χ1v) is 8.06. The number of likely N-dealkylation sites (N-methyl/N-ethyl adjacent to an activating group) is 1. The lowest BCUT2D eigenvalue weighted by Crippen LogP contribution is -2.30. The maximum absolute atomic E-state index is 12.5. The number of benzene rings is 2. The number of methoxy groups -OCH3 is 1. The largest absolute Gasteiger partial charge is 0.497 e. The number of hydrogen-bond acceptors (Lipinski definition) is 4. The molecule has 0 fully saturated rings. The number of hydrogen-bond donors (Lipinski definition) is 1. The molecule has 134 valence electrons. The highest BCUT2D eigenvalue weighted by Crippen LogP contribution is 2.23. The van der Waals surface area contributed by atoms with E-state index in [2.05, 4.69) is 5.32 Å². The van der Waals surface area contributed by atoms with Crippen LogP contribution in [0, 0.1) is 0 Å². The van der Waals surface area contributed by atoms with Gasteiger partial charge in [0.25, 0.3) is 5.91 Å². The normalized spacial score (nSPS) is 11.8. The number of fused-ring (bicyclic) bond motifs is 1. The van der Waals surface area contributed by atoms with Crippen LogP contribution in [-0.2, 0) is 6.42 Å². The minimum absolute atomic E-state index is 0. The highest BCUT2D eigenvalue weighted by atomic mass is 35.5. The summed E-state index contributed by atoms with van der Waals surface area (Å²) in [5.41, 5.74) is 3.07. The SMILES string of the molecule is COc1ccc(OCCN(C)C(=O)c2ccc3c(c2)CCN3)cc1.Cl. The van der Waals surface area contributed by atoms with E-state index in [1.54, 1.807) is 19.1 Å². The predicted molar refractivity (Wildman–Crippen MR) is 101 cm³/mol. The van der Waals surface area contributed by atoms with Crippen molar-refractivity contribution in [2.24, 2.45) is 0 Å². The summed E-state index contributed by atoms with van der Waals surface area (Å²) in [4.78, 5) is 14.2. The van der Waals surface area contributed by atoms with Crippen LogP contribution in [-0.4, -0.2) is 44.7 Å². The zero-order valence-electron chi connectivity index (χ0n) is 14.5. The van der Waals surface area contributed by atoms with Gasteiger partial charge < -0.3 is 19.7 Å². The van der Waals surface area contributed by atoms with Crippen molar-refractivity contribution in [2.75, 3.05) is 39.2 Å². The van der Waals surface area contributed by atoms with Gasteiger partial charge in [-0.05, 0) is 54.4 Å². The summed E-state index contributed by atoms with van der Waals surface area (Å²) in [6, 6.07) is 13.3. The summed E-state index contributed by atoms with van der Waals surface area (Å²) in [5, 5.41) is 3.30. The number of rotatable bonds is 6. The number of carbonyl (C=O) groups excluding carboxylic acids is 1. The summed E-state index contributed by atoms with van der Waals surface area (Å²) in [7, 11) is 3.43. The molecule has 0 unspecified atom stereocenters. The third kappa shape index (κ3) is 4.57. The van der Waals surface area contributed by atoms with Crippen LogP contribution < -0.4 is 14.8 Å². The Hall–Kier alpha value is -2.40. The average molecular weight is 363 g/mol. The first-order chi connectivity index (χ1) is 11.7. The molecule has 0 bridgehead atoms. The fourth-order valence-electron chi connectivity index (χ4n) is 2.73. The van der Waals surface area contributed by atoms with Gasteiger partial charge in [0.15, 0.2) is 0 Å².